The molecule has 0 fully saturated rings. The third-order valence-electron chi connectivity index (χ3n) is 3.26. The van der Waals surface area contributed by atoms with E-state index in [0.29, 0.717) is 6.42 Å². The van der Waals surface area contributed by atoms with E-state index < -0.39 is 12.0 Å². The quantitative estimate of drug-likeness (QED) is 0.410. The summed E-state index contributed by atoms with van der Waals surface area (Å²) in [5.41, 5.74) is 0. The Bertz CT molecular complexity index is 265. The number of carbonyl (C=O) groups excluding carboxylic acids is 1. The van der Waals surface area contributed by atoms with Gasteiger partial charge in [0, 0.05) is 6.42 Å². The van der Waals surface area contributed by atoms with Crippen LogP contribution in [0.5, 0.6) is 0 Å². The summed E-state index contributed by atoms with van der Waals surface area (Å²) < 4.78 is 0. The molecule has 2 N–H and O–H groups in total. The molecule has 0 radical (unpaired) electrons. The normalized spacial score (nSPS) is 11.5. The van der Waals surface area contributed by atoms with Crippen molar-refractivity contribution in [2.24, 2.45) is 0 Å². The van der Waals surface area contributed by atoms with Gasteiger partial charge in [-0.2, -0.15) is 0 Å². The molecule has 0 heterocycles. The van der Waals surface area contributed by atoms with E-state index in [1.165, 1.54) is 51.9 Å². The average Bonchev–Trinajstić information content (AvgIpc) is 2.36. The van der Waals surface area contributed by atoms with Gasteiger partial charge in [-0.3, -0.25) is 9.59 Å². The molecule has 20 heavy (non-hydrogen) atoms. The number of rotatable bonds is 12. The first-order valence-corrected chi connectivity index (χ1v) is 7.60. The van der Waals surface area contributed by atoms with Crippen LogP contribution in [0.15, 0.2) is 0 Å². The van der Waals surface area contributed by atoms with E-state index in [0.717, 1.165) is 12.8 Å². The van der Waals surface area contributed by atoms with Crippen LogP contribution in [0, 0.1) is 0 Å². The van der Waals surface area contributed by atoms with Gasteiger partial charge in [-0.25, -0.2) is 0 Å². The van der Waals surface area contributed by atoms with Crippen molar-refractivity contribution in [3.05, 3.63) is 0 Å². The van der Waals surface area contributed by atoms with Gasteiger partial charge in [-0.05, 0) is 13.3 Å². The van der Waals surface area contributed by atoms with Gasteiger partial charge in [0.15, 0.2) is 0 Å². The Hall–Kier alpha value is 0.576. The zero-order chi connectivity index (χ0) is 14.5. The van der Waals surface area contributed by atoms with Gasteiger partial charge in [0.1, 0.15) is 6.04 Å². The fraction of sp³-hybridized carbons (Fsp3) is 0.867. The number of unbranched alkanes of at least 4 members (excludes halogenated alkanes) is 8. The van der Waals surface area contributed by atoms with Crippen LogP contribution >= 0.6 is 0 Å². The second-order valence-corrected chi connectivity index (χ2v) is 5.21. The number of carboxylic acids is 1. The van der Waals surface area contributed by atoms with Crippen LogP contribution < -0.4 is 56.7 Å². The topological polar surface area (TPSA) is 66.4 Å². The summed E-state index contributed by atoms with van der Waals surface area (Å²) in [6, 6.07) is -0.786. The van der Waals surface area contributed by atoms with Crippen molar-refractivity contribution in [2.75, 3.05) is 0 Å². The molecule has 1 amide bonds. The van der Waals surface area contributed by atoms with Crippen molar-refractivity contribution in [1.29, 1.82) is 0 Å². The molecule has 1 atom stereocenters. The predicted octanol–water partition coefficient (Wildman–Crippen LogP) is 0.613. The maximum absolute atomic E-state index is 11.4. The molecule has 0 aromatic rings. The summed E-state index contributed by atoms with van der Waals surface area (Å²) in [6.45, 7) is 3.70. The SMILES string of the molecule is CCCCCCCCCCCC(=O)NC(C)C(=O)O.[H-].[K+]. The number of hydrogen-bond donors (Lipinski definition) is 2. The molecule has 0 aliphatic heterocycles. The first kappa shape index (κ1) is 22.9. The van der Waals surface area contributed by atoms with Crippen LogP contribution in [0.25, 0.3) is 0 Å². The monoisotopic (exact) mass is 311 g/mol. The molecule has 5 heteroatoms. The van der Waals surface area contributed by atoms with Gasteiger partial charge in [0.2, 0.25) is 5.91 Å². The zero-order valence-electron chi connectivity index (χ0n) is 14.4. The third-order valence-corrected chi connectivity index (χ3v) is 3.26. The van der Waals surface area contributed by atoms with Gasteiger partial charge >= 0.3 is 57.4 Å². The summed E-state index contributed by atoms with van der Waals surface area (Å²) in [7, 11) is 0. The van der Waals surface area contributed by atoms with Crippen molar-refractivity contribution in [3.8, 4) is 0 Å². The number of carbonyl (C=O) groups is 2. The van der Waals surface area contributed by atoms with Crippen LogP contribution in [0.4, 0.5) is 0 Å². The molecule has 0 aromatic carbocycles. The van der Waals surface area contributed by atoms with E-state index in [1.807, 2.05) is 0 Å². The third kappa shape index (κ3) is 15.0. The average molecular weight is 312 g/mol. The van der Waals surface area contributed by atoms with E-state index in [9.17, 15) is 9.59 Å². The number of amides is 1. The Morgan fingerprint density at radius 1 is 1.00 bits per heavy atom. The van der Waals surface area contributed by atoms with Crippen LogP contribution in [0.2, 0.25) is 0 Å². The summed E-state index contributed by atoms with van der Waals surface area (Å²) >= 11 is 0. The molecule has 0 bridgehead atoms. The van der Waals surface area contributed by atoms with Gasteiger partial charge in [-0.1, -0.05) is 58.3 Å². The molecular formula is C15H30KNO3. The molecule has 114 valence electrons. The zero-order valence-corrected chi connectivity index (χ0v) is 16.5. The Morgan fingerprint density at radius 3 is 1.90 bits per heavy atom. The van der Waals surface area contributed by atoms with Crippen molar-refractivity contribution in [2.45, 2.75) is 84.1 Å². The van der Waals surface area contributed by atoms with E-state index in [1.54, 1.807) is 0 Å². The minimum Gasteiger partial charge on any atom is -1.00 e. The summed E-state index contributed by atoms with van der Waals surface area (Å²) in [6.07, 6.45) is 11.3. The van der Waals surface area contributed by atoms with E-state index in [2.05, 4.69) is 12.2 Å². The second-order valence-electron chi connectivity index (χ2n) is 5.21. The van der Waals surface area contributed by atoms with Gasteiger partial charge < -0.3 is 11.8 Å². The van der Waals surface area contributed by atoms with Crippen LogP contribution in [0.1, 0.15) is 79.5 Å². The molecule has 0 saturated heterocycles. The smallest absolute Gasteiger partial charge is 1.00 e. The van der Waals surface area contributed by atoms with Crippen LogP contribution in [0.3, 0.4) is 0 Å². The van der Waals surface area contributed by atoms with Crippen LogP contribution in [-0.2, 0) is 9.59 Å². The second kappa shape index (κ2) is 16.0. The minimum absolute atomic E-state index is 0. The molecule has 1 unspecified atom stereocenters. The van der Waals surface area contributed by atoms with Gasteiger partial charge in [0.05, 0.1) is 0 Å². The van der Waals surface area contributed by atoms with Gasteiger partial charge in [0.25, 0.3) is 0 Å². The molecule has 0 spiro atoms. The number of carboxylic acid groups (broad SMARTS) is 1. The first-order valence-electron chi connectivity index (χ1n) is 7.60. The van der Waals surface area contributed by atoms with E-state index in [4.69, 9.17) is 5.11 Å². The van der Waals surface area contributed by atoms with E-state index >= 15 is 0 Å². The largest absolute Gasteiger partial charge is 1.00 e. The van der Waals surface area contributed by atoms with Crippen molar-refractivity contribution < 1.29 is 67.5 Å². The minimum atomic E-state index is -0.986. The Kier molecular flexibility index (Phi) is 18.2. The van der Waals surface area contributed by atoms with Crippen molar-refractivity contribution in [3.63, 3.8) is 0 Å². The molecule has 0 rings (SSSR count). The molecule has 0 aliphatic rings. The van der Waals surface area contributed by atoms with Crippen LogP contribution in [-0.4, -0.2) is 23.0 Å². The fourth-order valence-corrected chi connectivity index (χ4v) is 1.97. The molecule has 0 aromatic heterocycles. The van der Waals surface area contributed by atoms with Crippen molar-refractivity contribution >= 4 is 11.9 Å². The Labute approximate surface area is 167 Å². The Balaban J connectivity index is -0.00000162. The summed E-state index contributed by atoms with van der Waals surface area (Å²) in [5.74, 6) is -1.14. The fourth-order valence-electron chi connectivity index (χ4n) is 1.97. The molecule has 4 nitrogen and oxygen atoms in total. The van der Waals surface area contributed by atoms with E-state index in [-0.39, 0.29) is 58.7 Å². The number of nitrogens with one attached hydrogen (secondary N) is 1. The molecule has 0 saturated carbocycles. The molecular weight excluding hydrogens is 281 g/mol. The van der Waals surface area contributed by atoms with Crippen molar-refractivity contribution in [1.82, 2.24) is 5.32 Å². The maximum Gasteiger partial charge on any atom is 1.00 e. The first-order chi connectivity index (χ1) is 9.07. The summed E-state index contributed by atoms with van der Waals surface area (Å²) in [4.78, 5) is 21.9. The Morgan fingerprint density at radius 2 is 1.45 bits per heavy atom. The van der Waals surface area contributed by atoms with Gasteiger partial charge in [-0.15, -0.1) is 0 Å². The number of hydrogen-bond acceptors (Lipinski definition) is 2. The summed E-state index contributed by atoms with van der Waals surface area (Å²) in [5, 5.41) is 11.1. The number of aliphatic carboxylic acids is 1. The standard InChI is InChI=1S/C15H29NO3.K.H/c1-3-4-5-6-7-8-9-10-11-12-14(17)16-13(2)15(18)19;;/h13H,3-12H2,1-2H3,(H,16,17)(H,18,19);;/q;+1;-1. The maximum atomic E-state index is 11.4. The predicted molar refractivity (Wildman–Crippen MR) is 78.2 cm³/mol. The molecule has 0 aliphatic carbocycles.